The second-order valence-electron chi connectivity index (χ2n) is 6.00. The van der Waals surface area contributed by atoms with E-state index in [4.69, 9.17) is 16.7 Å². The van der Waals surface area contributed by atoms with Gasteiger partial charge in [0.2, 0.25) is 5.91 Å². The summed E-state index contributed by atoms with van der Waals surface area (Å²) < 4.78 is 0. The number of halogens is 1. The van der Waals surface area contributed by atoms with Gasteiger partial charge in [-0.05, 0) is 49.2 Å². The number of carboxylic acid groups (broad SMARTS) is 1. The van der Waals surface area contributed by atoms with E-state index in [9.17, 15) is 9.59 Å². The minimum Gasteiger partial charge on any atom is -0.478 e. The van der Waals surface area contributed by atoms with E-state index < -0.39 is 5.97 Å². The summed E-state index contributed by atoms with van der Waals surface area (Å²) in [6.07, 6.45) is 0.318. The van der Waals surface area contributed by atoms with Crippen molar-refractivity contribution in [3.8, 4) is 0 Å². The van der Waals surface area contributed by atoms with Crippen LogP contribution in [0.3, 0.4) is 0 Å². The fourth-order valence-corrected chi connectivity index (χ4v) is 2.47. The van der Waals surface area contributed by atoms with Gasteiger partial charge < -0.3 is 15.7 Å². The number of benzene rings is 2. The molecule has 0 spiro atoms. The van der Waals surface area contributed by atoms with Gasteiger partial charge in [-0.1, -0.05) is 29.8 Å². The summed E-state index contributed by atoms with van der Waals surface area (Å²) in [6, 6.07) is 12.0. The fraction of sp³-hybridized carbons (Fsp3) is 0.263. The normalized spacial score (nSPS) is 11.8. The lowest BCUT2D eigenvalue weighted by molar-refractivity contribution is -0.116. The Bertz CT molecular complexity index is 760. The molecule has 2 rings (SSSR count). The van der Waals surface area contributed by atoms with Crippen molar-refractivity contribution in [3.05, 3.63) is 64.2 Å². The molecule has 0 aliphatic carbocycles. The average molecular weight is 361 g/mol. The van der Waals surface area contributed by atoms with E-state index in [0.29, 0.717) is 23.7 Å². The molecule has 0 saturated carbocycles. The van der Waals surface area contributed by atoms with E-state index in [2.05, 4.69) is 10.6 Å². The van der Waals surface area contributed by atoms with Crippen molar-refractivity contribution in [1.82, 2.24) is 5.32 Å². The number of anilines is 1. The number of hydrogen-bond donors (Lipinski definition) is 3. The number of aryl methyl sites for hydroxylation is 1. The molecule has 132 valence electrons. The van der Waals surface area contributed by atoms with Crippen LogP contribution >= 0.6 is 11.6 Å². The minimum atomic E-state index is -0.944. The first-order valence-corrected chi connectivity index (χ1v) is 8.34. The van der Waals surface area contributed by atoms with Crippen molar-refractivity contribution in [1.29, 1.82) is 0 Å². The number of carbonyl (C=O) groups excluding carboxylic acids is 1. The highest BCUT2D eigenvalue weighted by atomic mass is 35.5. The van der Waals surface area contributed by atoms with Gasteiger partial charge >= 0.3 is 5.97 Å². The molecule has 2 aromatic rings. The summed E-state index contributed by atoms with van der Waals surface area (Å²) in [4.78, 5) is 22.9. The van der Waals surface area contributed by atoms with Crippen LogP contribution in [0.25, 0.3) is 0 Å². The predicted octanol–water partition coefficient (Wildman–Crippen LogP) is 3.85. The summed E-state index contributed by atoms with van der Waals surface area (Å²) in [5.74, 6) is -1.04. The maximum Gasteiger partial charge on any atom is 0.335 e. The van der Waals surface area contributed by atoms with Gasteiger partial charge in [0.1, 0.15) is 0 Å². The molecule has 6 heteroatoms. The van der Waals surface area contributed by atoms with Gasteiger partial charge in [0.05, 0.1) is 5.56 Å². The van der Waals surface area contributed by atoms with E-state index in [0.717, 1.165) is 11.1 Å². The lowest BCUT2D eigenvalue weighted by Gasteiger charge is -2.14. The van der Waals surface area contributed by atoms with Gasteiger partial charge in [0.15, 0.2) is 0 Å². The molecule has 0 radical (unpaired) electrons. The average Bonchev–Trinajstić information content (AvgIpc) is 2.56. The number of rotatable bonds is 7. The van der Waals surface area contributed by atoms with Crippen molar-refractivity contribution in [2.24, 2.45) is 0 Å². The summed E-state index contributed by atoms with van der Waals surface area (Å²) in [5.41, 5.74) is 2.86. The molecule has 0 aliphatic heterocycles. The maximum absolute atomic E-state index is 12.1. The number of carboxylic acids is 1. The zero-order valence-corrected chi connectivity index (χ0v) is 14.9. The molecular weight excluding hydrogens is 340 g/mol. The Morgan fingerprint density at radius 1 is 1.16 bits per heavy atom. The highest BCUT2D eigenvalue weighted by Gasteiger charge is 2.10. The van der Waals surface area contributed by atoms with Crippen molar-refractivity contribution in [2.45, 2.75) is 32.9 Å². The molecule has 1 unspecified atom stereocenters. The lowest BCUT2D eigenvalue weighted by Crippen LogP contribution is -2.30. The summed E-state index contributed by atoms with van der Waals surface area (Å²) >= 11 is 6.05. The minimum absolute atomic E-state index is 0.0277. The van der Waals surface area contributed by atoms with Crippen molar-refractivity contribution in [2.75, 3.05) is 5.32 Å². The first-order valence-electron chi connectivity index (χ1n) is 7.97. The Kier molecular flexibility index (Phi) is 6.56. The first-order chi connectivity index (χ1) is 11.8. The second-order valence-corrected chi connectivity index (χ2v) is 6.41. The van der Waals surface area contributed by atoms with Gasteiger partial charge in [-0.2, -0.15) is 0 Å². The van der Waals surface area contributed by atoms with E-state index >= 15 is 0 Å². The van der Waals surface area contributed by atoms with Gasteiger partial charge in [0, 0.05) is 29.7 Å². The predicted molar refractivity (Wildman–Crippen MR) is 99.1 cm³/mol. The zero-order valence-electron chi connectivity index (χ0n) is 14.2. The summed E-state index contributed by atoms with van der Waals surface area (Å²) in [6.45, 7) is 4.39. The number of carbonyl (C=O) groups is 2. The topological polar surface area (TPSA) is 78.4 Å². The second kappa shape index (κ2) is 8.65. The Balaban J connectivity index is 1.80. The molecule has 0 saturated heterocycles. The summed E-state index contributed by atoms with van der Waals surface area (Å²) in [7, 11) is 0. The molecule has 0 aromatic heterocycles. The van der Waals surface area contributed by atoms with Crippen molar-refractivity contribution >= 4 is 29.2 Å². The highest BCUT2D eigenvalue weighted by Crippen LogP contribution is 2.20. The molecule has 25 heavy (non-hydrogen) atoms. The Labute approximate surface area is 152 Å². The Hall–Kier alpha value is -2.37. The number of amides is 1. The SMILES string of the molecule is Cc1ccc(NC(=O)CC(C)NCc2ccc(C(=O)O)cc2)cc1Cl. The molecule has 5 nitrogen and oxygen atoms in total. The van der Waals surface area contributed by atoms with Gasteiger partial charge in [-0.15, -0.1) is 0 Å². The standard InChI is InChI=1S/C19H21ClN2O3/c1-12-3-8-16(10-17(12)20)22-18(23)9-13(2)21-11-14-4-6-15(7-5-14)19(24)25/h3-8,10,13,21H,9,11H2,1-2H3,(H,22,23)(H,24,25). The van der Waals surface area contributed by atoms with Crippen LogP contribution < -0.4 is 10.6 Å². The van der Waals surface area contributed by atoms with Crippen molar-refractivity contribution < 1.29 is 14.7 Å². The van der Waals surface area contributed by atoms with Crippen LogP contribution in [0.15, 0.2) is 42.5 Å². The largest absolute Gasteiger partial charge is 0.478 e. The van der Waals surface area contributed by atoms with Crippen LogP contribution in [0.2, 0.25) is 5.02 Å². The maximum atomic E-state index is 12.1. The zero-order chi connectivity index (χ0) is 18.4. The molecule has 0 fully saturated rings. The van der Waals surface area contributed by atoms with Gasteiger partial charge in [-0.3, -0.25) is 4.79 Å². The summed E-state index contributed by atoms with van der Waals surface area (Å²) in [5, 5.41) is 15.6. The van der Waals surface area contributed by atoms with Crippen LogP contribution in [-0.4, -0.2) is 23.0 Å². The molecule has 1 amide bonds. The Morgan fingerprint density at radius 3 is 2.44 bits per heavy atom. The lowest BCUT2D eigenvalue weighted by atomic mass is 10.1. The van der Waals surface area contributed by atoms with E-state index in [1.54, 1.807) is 30.3 Å². The fourth-order valence-electron chi connectivity index (χ4n) is 2.29. The quantitative estimate of drug-likeness (QED) is 0.700. The third kappa shape index (κ3) is 5.89. The Morgan fingerprint density at radius 2 is 1.84 bits per heavy atom. The van der Waals surface area contributed by atoms with Gasteiger partial charge in [-0.25, -0.2) is 4.79 Å². The molecule has 0 bridgehead atoms. The number of hydrogen-bond acceptors (Lipinski definition) is 3. The number of nitrogens with one attached hydrogen (secondary N) is 2. The van der Waals surface area contributed by atoms with E-state index in [1.807, 2.05) is 26.0 Å². The highest BCUT2D eigenvalue weighted by molar-refractivity contribution is 6.31. The monoisotopic (exact) mass is 360 g/mol. The van der Waals surface area contributed by atoms with Crippen LogP contribution in [0.5, 0.6) is 0 Å². The van der Waals surface area contributed by atoms with E-state index in [1.165, 1.54) is 0 Å². The third-order valence-electron chi connectivity index (χ3n) is 3.80. The molecular formula is C19H21ClN2O3. The molecule has 3 N–H and O–H groups in total. The first kappa shape index (κ1) is 19.0. The van der Waals surface area contributed by atoms with Crippen LogP contribution in [-0.2, 0) is 11.3 Å². The van der Waals surface area contributed by atoms with Crippen LogP contribution in [0.1, 0.15) is 34.8 Å². The van der Waals surface area contributed by atoms with Crippen LogP contribution in [0.4, 0.5) is 5.69 Å². The number of aromatic carboxylic acids is 1. The smallest absolute Gasteiger partial charge is 0.335 e. The molecule has 2 aromatic carbocycles. The molecule has 0 aliphatic rings. The third-order valence-corrected chi connectivity index (χ3v) is 4.21. The van der Waals surface area contributed by atoms with Crippen LogP contribution in [0, 0.1) is 6.92 Å². The molecule has 0 heterocycles. The van der Waals surface area contributed by atoms with Gasteiger partial charge in [0.25, 0.3) is 0 Å². The molecule has 1 atom stereocenters. The van der Waals surface area contributed by atoms with E-state index in [-0.39, 0.29) is 17.5 Å². The van der Waals surface area contributed by atoms with Crippen molar-refractivity contribution in [3.63, 3.8) is 0 Å².